The fraction of sp³-hybridized carbons (Fsp3) is 0.385. The Hall–Kier alpha value is -2.06. The first-order chi connectivity index (χ1) is 9.98. The molecule has 0 bridgehead atoms. The Balaban J connectivity index is 3.35. The van der Waals surface area contributed by atoms with E-state index in [1.807, 2.05) is 0 Å². The van der Waals surface area contributed by atoms with Crippen LogP contribution >= 0.6 is 0 Å². The molecule has 0 N–H and O–H groups in total. The van der Waals surface area contributed by atoms with Crippen LogP contribution in [0.1, 0.15) is 34.8 Å². The Morgan fingerprint density at radius 2 is 1.45 bits per heavy atom. The Kier molecular flexibility index (Phi) is 5.21. The van der Waals surface area contributed by atoms with Crippen molar-refractivity contribution in [2.24, 2.45) is 0 Å². The van der Waals surface area contributed by atoms with Gasteiger partial charge in [-0.05, 0) is 12.1 Å². The Morgan fingerprint density at radius 1 is 1.00 bits per heavy atom. The molecule has 0 aliphatic rings. The van der Waals surface area contributed by atoms with E-state index in [-0.39, 0.29) is 6.42 Å². The minimum atomic E-state index is -5.18. The van der Waals surface area contributed by atoms with Gasteiger partial charge >= 0.3 is 18.3 Å². The summed E-state index contributed by atoms with van der Waals surface area (Å²) in [5.74, 6) is -2.48. The fourth-order valence-corrected chi connectivity index (χ4v) is 1.56. The summed E-state index contributed by atoms with van der Waals surface area (Å²) >= 11 is 0. The Labute approximate surface area is 120 Å². The number of benzene rings is 1. The van der Waals surface area contributed by atoms with Gasteiger partial charge in [-0.15, -0.1) is 0 Å². The number of hydrogen-bond acceptors (Lipinski definition) is 3. The van der Waals surface area contributed by atoms with Crippen LogP contribution in [0.2, 0.25) is 0 Å². The zero-order valence-corrected chi connectivity index (χ0v) is 11.1. The van der Waals surface area contributed by atoms with Crippen LogP contribution in [0.25, 0.3) is 0 Å². The van der Waals surface area contributed by atoms with E-state index in [4.69, 9.17) is 0 Å². The second-order valence-corrected chi connectivity index (χ2v) is 4.19. The van der Waals surface area contributed by atoms with E-state index in [1.54, 1.807) is 0 Å². The molecule has 0 heterocycles. The highest BCUT2D eigenvalue weighted by Crippen LogP contribution is 2.39. The smallest absolute Gasteiger partial charge is 0.417 e. The molecule has 0 unspecified atom stereocenters. The molecule has 1 rings (SSSR count). The van der Waals surface area contributed by atoms with E-state index in [0.29, 0.717) is 18.2 Å². The molecule has 3 nitrogen and oxygen atoms in total. The van der Waals surface area contributed by atoms with E-state index in [2.05, 4.69) is 4.74 Å². The van der Waals surface area contributed by atoms with Crippen LogP contribution in [0.5, 0.6) is 0 Å². The third kappa shape index (κ3) is 4.22. The molecule has 0 aliphatic heterocycles. The number of ether oxygens (including phenoxy) is 1. The number of carbonyl (C=O) groups excluding carboxylic acids is 2. The summed E-state index contributed by atoms with van der Waals surface area (Å²) in [5, 5.41) is 0. The van der Waals surface area contributed by atoms with E-state index in [9.17, 15) is 35.9 Å². The minimum absolute atomic E-state index is 0.0691. The van der Waals surface area contributed by atoms with Gasteiger partial charge in [0.25, 0.3) is 0 Å². The monoisotopic (exact) mass is 328 g/mol. The molecule has 0 amide bonds. The van der Waals surface area contributed by atoms with Gasteiger partial charge in [-0.25, -0.2) is 4.79 Å². The molecular weight excluding hydrogens is 318 g/mol. The number of Topliss-reactive ketones (excluding diaryl/α,β-unsaturated/α-hetero) is 1. The first-order valence-electron chi connectivity index (χ1n) is 5.94. The van der Waals surface area contributed by atoms with Gasteiger partial charge in [0.05, 0.1) is 16.7 Å². The third-order valence-electron chi connectivity index (χ3n) is 2.64. The van der Waals surface area contributed by atoms with Crippen molar-refractivity contribution in [3.8, 4) is 0 Å². The lowest BCUT2D eigenvalue weighted by Crippen LogP contribution is -2.23. The van der Waals surface area contributed by atoms with Gasteiger partial charge in [-0.2, -0.15) is 26.3 Å². The van der Waals surface area contributed by atoms with Gasteiger partial charge in [0.15, 0.2) is 5.78 Å². The summed E-state index contributed by atoms with van der Waals surface area (Å²) in [4.78, 5) is 22.6. The molecule has 9 heteroatoms. The largest absolute Gasteiger partial charge is 0.454 e. The number of halogens is 6. The lowest BCUT2D eigenvalue weighted by atomic mass is 10.00. The van der Waals surface area contributed by atoms with Crippen LogP contribution in [0.15, 0.2) is 18.2 Å². The lowest BCUT2D eigenvalue weighted by molar-refractivity contribution is -0.144. The molecule has 0 saturated heterocycles. The standard InChI is InChI=1S/C13H10F6O3/c1-2-7(20)6-22-11(21)10-8(12(14,15)16)4-3-5-9(10)13(17,18)19/h3-5H,2,6H2,1H3. The molecule has 1 aromatic rings. The highest BCUT2D eigenvalue weighted by atomic mass is 19.4. The quantitative estimate of drug-likeness (QED) is 0.623. The maximum Gasteiger partial charge on any atom is 0.417 e. The molecular formula is C13H10F6O3. The van der Waals surface area contributed by atoms with Crippen molar-refractivity contribution in [3.05, 3.63) is 34.9 Å². The van der Waals surface area contributed by atoms with Crippen molar-refractivity contribution in [2.45, 2.75) is 25.7 Å². The van der Waals surface area contributed by atoms with Crippen molar-refractivity contribution in [1.82, 2.24) is 0 Å². The number of hydrogen-bond donors (Lipinski definition) is 0. The fourth-order valence-electron chi connectivity index (χ4n) is 1.56. The number of carbonyl (C=O) groups is 2. The van der Waals surface area contributed by atoms with Crippen molar-refractivity contribution in [1.29, 1.82) is 0 Å². The van der Waals surface area contributed by atoms with E-state index in [1.165, 1.54) is 6.92 Å². The normalized spacial score (nSPS) is 12.1. The predicted octanol–water partition coefficient (Wildman–Crippen LogP) is 3.86. The molecule has 1 aromatic carbocycles. The minimum Gasteiger partial charge on any atom is -0.454 e. The van der Waals surface area contributed by atoms with Crippen LogP contribution in [0.4, 0.5) is 26.3 Å². The summed E-state index contributed by atoms with van der Waals surface area (Å²) in [6, 6.07) is 1.22. The number of alkyl halides is 6. The van der Waals surface area contributed by atoms with Crippen molar-refractivity contribution >= 4 is 11.8 Å². The van der Waals surface area contributed by atoms with Crippen LogP contribution in [-0.2, 0) is 21.9 Å². The van der Waals surface area contributed by atoms with Crippen molar-refractivity contribution < 1.29 is 40.7 Å². The average Bonchev–Trinajstić information content (AvgIpc) is 2.41. The number of rotatable bonds is 4. The highest BCUT2D eigenvalue weighted by molar-refractivity contribution is 5.94. The third-order valence-corrected chi connectivity index (χ3v) is 2.64. The lowest BCUT2D eigenvalue weighted by Gasteiger charge is -2.17. The topological polar surface area (TPSA) is 43.4 Å². The predicted molar refractivity (Wildman–Crippen MR) is 62.0 cm³/mol. The molecule has 122 valence electrons. The summed E-state index contributed by atoms with van der Waals surface area (Å²) < 4.78 is 81.1. The second-order valence-electron chi connectivity index (χ2n) is 4.19. The molecule has 0 atom stereocenters. The van der Waals surface area contributed by atoms with Crippen LogP contribution in [-0.4, -0.2) is 18.4 Å². The molecule has 0 spiro atoms. The van der Waals surface area contributed by atoms with Crippen LogP contribution in [0.3, 0.4) is 0 Å². The second kappa shape index (κ2) is 6.37. The summed E-state index contributed by atoms with van der Waals surface area (Å²) in [7, 11) is 0. The van der Waals surface area contributed by atoms with E-state index in [0.717, 1.165) is 0 Å². The zero-order chi connectivity index (χ0) is 17.1. The first kappa shape index (κ1) is 18.0. The van der Waals surface area contributed by atoms with Gasteiger partial charge in [0, 0.05) is 6.42 Å². The molecule has 0 radical (unpaired) electrons. The molecule has 0 fully saturated rings. The van der Waals surface area contributed by atoms with Crippen LogP contribution < -0.4 is 0 Å². The van der Waals surface area contributed by atoms with Crippen molar-refractivity contribution in [3.63, 3.8) is 0 Å². The van der Waals surface area contributed by atoms with Gasteiger partial charge in [-0.1, -0.05) is 13.0 Å². The summed E-state index contributed by atoms with van der Waals surface area (Å²) in [6.07, 6.45) is -10.4. The molecule has 22 heavy (non-hydrogen) atoms. The van der Waals surface area contributed by atoms with Crippen LogP contribution in [0, 0.1) is 0 Å². The van der Waals surface area contributed by atoms with Gasteiger partial charge in [0.1, 0.15) is 6.61 Å². The van der Waals surface area contributed by atoms with E-state index >= 15 is 0 Å². The SMILES string of the molecule is CCC(=O)COC(=O)c1c(C(F)(F)F)cccc1C(F)(F)F. The molecule has 0 saturated carbocycles. The highest BCUT2D eigenvalue weighted by Gasteiger charge is 2.43. The van der Waals surface area contributed by atoms with Gasteiger partial charge < -0.3 is 4.74 Å². The van der Waals surface area contributed by atoms with Crippen molar-refractivity contribution in [2.75, 3.05) is 6.61 Å². The average molecular weight is 328 g/mol. The van der Waals surface area contributed by atoms with Gasteiger partial charge in [-0.3, -0.25) is 4.79 Å². The zero-order valence-electron chi connectivity index (χ0n) is 11.1. The van der Waals surface area contributed by atoms with E-state index < -0.39 is 47.4 Å². The number of ketones is 1. The maximum absolute atomic E-state index is 12.8. The van der Waals surface area contributed by atoms with Gasteiger partial charge in [0.2, 0.25) is 0 Å². The maximum atomic E-state index is 12.8. The Bertz CT molecular complexity index is 542. The Morgan fingerprint density at radius 3 is 1.82 bits per heavy atom. The molecule has 0 aromatic heterocycles. The summed E-state index contributed by atoms with van der Waals surface area (Å²) in [5.41, 5.74) is -5.18. The number of esters is 1. The summed E-state index contributed by atoms with van der Waals surface area (Å²) in [6.45, 7) is 0.514. The first-order valence-corrected chi connectivity index (χ1v) is 5.94. The molecule has 0 aliphatic carbocycles.